The summed E-state index contributed by atoms with van der Waals surface area (Å²) in [4.78, 5) is 6.71. The molecule has 1 rings (SSSR count). The molecule has 20 heavy (non-hydrogen) atoms. The Bertz CT molecular complexity index is 289. The predicted molar refractivity (Wildman–Crippen MR) is 103 cm³/mol. The highest BCUT2D eigenvalue weighted by Crippen LogP contribution is 2.19. The number of piperidine rings is 1. The van der Waals surface area contributed by atoms with Gasteiger partial charge in [0.25, 0.3) is 0 Å². The van der Waals surface area contributed by atoms with E-state index in [1.807, 2.05) is 18.8 Å². The van der Waals surface area contributed by atoms with Crippen molar-refractivity contribution < 1.29 is 0 Å². The fourth-order valence-corrected chi connectivity index (χ4v) is 2.31. The van der Waals surface area contributed by atoms with Gasteiger partial charge in [0.2, 0.25) is 0 Å². The van der Waals surface area contributed by atoms with Gasteiger partial charge in [-0.15, -0.1) is 24.0 Å². The number of hydrogen-bond donors (Lipinski definition) is 2. The van der Waals surface area contributed by atoms with Crippen LogP contribution < -0.4 is 10.6 Å². The summed E-state index contributed by atoms with van der Waals surface area (Å²) in [6.07, 6.45) is 4.73. The lowest BCUT2D eigenvalue weighted by Gasteiger charge is -2.30. The summed E-state index contributed by atoms with van der Waals surface area (Å²) in [5.41, 5.74) is 0. The molecule has 4 nitrogen and oxygen atoms in total. The van der Waals surface area contributed by atoms with Crippen LogP contribution in [0.2, 0.25) is 0 Å². The number of likely N-dealkylation sites (tertiary alicyclic amines) is 1. The molecule has 0 radical (unpaired) electrons. The number of nitrogens with one attached hydrogen (secondary N) is 2. The zero-order valence-corrected chi connectivity index (χ0v) is 16.7. The minimum atomic E-state index is 0. The molecular formula is C14H31IN4S. The molecule has 0 atom stereocenters. The highest BCUT2D eigenvalue weighted by molar-refractivity contribution is 14.0. The number of guanidine groups is 1. The van der Waals surface area contributed by atoms with Crippen LogP contribution in [0.1, 0.15) is 26.7 Å². The average Bonchev–Trinajstić information content (AvgIpc) is 2.41. The molecule has 1 fully saturated rings. The number of hydrogen-bond acceptors (Lipinski definition) is 3. The molecule has 1 heterocycles. The van der Waals surface area contributed by atoms with Crippen LogP contribution in [-0.4, -0.2) is 62.1 Å². The lowest BCUT2D eigenvalue weighted by atomic mass is 9.97. The lowest BCUT2D eigenvalue weighted by Crippen LogP contribution is -2.45. The maximum Gasteiger partial charge on any atom is 0.191 e. The number of halogens is 1. The molecule has 0 unspecified atom stereocenters. The van der Waals surface area contributed by atoms with E-state index in [1.165, 1.54) is 25.9 Å². The van der Waals surface area contributed by atoms with E-state index >= 15 is 0 Å². The Morgan fingerprint density at radius 1 is 1.30 bits per heavy atom. The van der Waals surface area contributed by atoms with Gasteiger partial charge >= 0.3 is 0 Å². The summed E-state index contributed by atoms with van der Waals surface area (Å²) < 4.78 is 0.241. The van der Waals surface area contributed by atoms with Gasteiger partial charge in [0.1, 0.15) is 0 Å². The fraction of sp³-hybridized carbons (Fsp3) is 0.929. The highest BCUT2D eigenvalue weighted by Gasteiger charge is 2.18. The van der Waals surface area contributed by atoms with Gasteiger partial charge < -0.3 is 15.5 Å². The van der Waals surface area contributed by atoms with Gasteiger partial charge in [-0.1, -0.05) is 0 Å². The molecule has 1 aliphatic rings. The molecule has 120 valence electrons. The summed E-state index contributed by atoms with van der Waals surface area (Å²) in [6.45, 7) is 8.90. The van der Waals surface area contributed by atoms with Gasteiger partial charge in [0.15, 0.2) is 5.96 Å². The van der Waals surface area contributed by atoms with Crippen molar-refractivity contribution in [3.63, 3.8) is 0 Å². The summed E-state index contributed by atoms with van der Waals surface area (Å²) >= 11 is 1.88. The van der Waals surface area contributed by atoms with Gasteiger partial charge in [-0.05, 0) is 59.0 Å². The van der Waals surface area contributed by atoms with E-state index in [1.54, 1.807) is 0 Å². The first-order chi connectivity index (χ1) is 8.96. The first-order valence-electron chi connectivity index (χ1n) is 7.15. The number of nitrogens with zero attached hydrogens (tertiary/aromatic N) is 2. The van der Waals surface area contributed by atoms with Crippen LogP contribution in [0.25, 0.3) is 0 Å². The third-order valence-corrected chi connectivity index (χ3v) is 5.10. The maximum atomic E-state index is 4.30. The summed E-state index contributed by atoms with van der Waals surface area (Å²) in [5, 5.41) is 6.88. The van der Waals surface area contributed by atoms with Crippen molar-refractivity contribution in [2.24, 2.45) is 10.9 Å². The Hall–Kier alpha value is 0.310. The van der Waals surface area contributed by atoms with Crippen LogP contribution in [0.3, 0.4) is 0 Å². The van der Waals surface area contributed by atoms with Gasteiger partial charge in [0.05, 0.1) is 0 Å². The molecule has 0 aliphatic carbocycles. The largest absolute Gasteiger partial charge is 0.356 e. The van der Waals surface area contributed by atoms with E-state index in [9.17, 15) is 0 Å². The molecule has 6 heteroatoms. The second-order valence-electron chi connectivity index (χ2n) is 6.02. The normalized spacial score (nSPS) is 18.6. The van der Waals surface area contributed by atoms with Crippen LogP contribution in [0.5, 0.6) is 0 Å². The van der Waals surface area contributed by atoms with E-state index in [4.69, 9.17) is 0 Å². The Morgan fingerprint density at radius 3 is 2.40 bits per heavy atom. The van der Waals surface area contributed by atoms with Crippen LogP contribution in [0, 0.1) is 5.92 Å². The Morgan fingerprint density at radius 2 is 1.90 bits per heavy atom. The molecule has 0 aromatic heterocycles. The SMILES string of the molecule is CN=C(NCC1CCN(C)CC1)NCC(C)(C)SC.I. The van der Waals surface area contributed by atoms with Gasteiger partial charge in [-0.3, -0.25) is 4.99 Å². The molecule has 0 aromatic carbocycles. The van der Waals surface area contributed by atoms with E-state index in [-0.39, 0.29) is 28.7 Å². The van der Waals surface area contributed by atoms with E-state index in [2.05, 4.69) is 47.7 Å². The fourth-order valence-electron chi connectivity index (χ4n) is 2.10. The quantitative estimate of drug-likeness (QED) is 0.411. The van der Waals surface area contributed by atoms with Crippen LogP contribution in [-0.2, 0) is 0 Å². The lowest BCUT2D eigenvalue weighted by molar-refractivity contribution is 0.220. The molecule has 2 N–H and O–H groups in total. The topological polar surface area (TPSA) is 39.7 Å². The summed E-state index contributed by atoms with van der Waals surface area (Å²) in [6, 6.07) is 0. The van der Waals surface area contributed by atoms with Crippen molar-refractivity contribution in [3.05, 3.63) is 0 Å². The predicted octanol–water partition coefficient (Wildman–Crippen LogP) is 2.25. The van der Waals surface area contributed by atoms with Crippen molar-refractivity contribution in [2.75, 3.05) is 46.5 Å². The minimum Gasteiger partial charge on any atom is -0.356 e. The second-order valence-corrected chi connectivity index (χ2v) is 7.53. The van der Waals surface area contributed by atoms with Crippen LogP contribution >= 0.6 is 35.7 Å². The van der Waals surface area contributed by atoms with E-state index < -0.39 is 0 Å². The van der Waals surface area contributed by atoms with Crippen molar-refractivity contribution in [1.82, 2.24) is 15.5 Å². The van der Waals surface area contributed by atoms with Gasteiger partial charge in [-0.2, -0.15) is 11.8 Å². The second kappa shape index (κ2) is 10.1. The molecule has 0 bridgehead atoms. The molecule has 1 saturated heterocycles. The Labute approximate surface area is 145 Å². The maximum absolute atomic E-state index is 4.30. The number of rotatable bonds is 5. The molecule has 0 aromatic rings. The highest BCUT2D eigenvalue weighted by atomic mass is 127. The monoisotopic (exact) mass is 414 g/mol. The van der Waals surface area contributed by atoms with Crippen molar-refractivity contribution >= 4 is 41.7 Å². The number of thioether (sulfide) groups is 1. The third kappa shape index (κ3) is 7.93. The van der Waals surface area contributed by atoms with Crippen LogP contribution in [0.4, 0.5) is 0 Å². The molecule has 1 aliphatic heterocycles. The van der Waals surface area contributed by atoms with Crippen LogP contribution in [0.15, 0.2) is 4.99 Å². The smallest absolute Gasteiger partial charge is 0.191 e. The van der Waals surface area contributed by atoms with Gasteiger partial charge in [0, 0.05) is 24.9 Å². The van der Waals surface area contributed by atoms with Crippen molar-refractivity contribution in [1.29, 1.82) is 0 Å². The first kappa shape index (κ1) is 20.3. The average molecular weight is 414 g/mol. The zero-order chi connectivity index (χ0) is 14.3. The number of aliphatic imine (C=N–C) groups is 1. The summed E-state index contributed by atoms with van der Waals surface area (Å²) in [5.74, 6) is 1.71. The molecule has 0 amide bonds. The van der Waals surface area contributed by atoms with Gasteiger partial charge in [-0.25, -0.2) is 0 Å². The Balaban J connectivity index is 0.00000361. The molecular weight excluding hydrogens is 383 g/mol. The van der Waals surface area contributed by atoms with Crippen molar-refractivity contribution in [2.45, 2.75) is 31.4 Å². The first-order valence-corrected chi connectivity index (χ1v) is 8.37. The minimum absolute atomic E-state index is 0. The molecule has 0 saturated carbocycles. The Kier molecular flexibility index (Phi) is 10.3. The van der Waals surface area contributed by atoms with E-state index in [0.29, 0.717) is 0 Å². The third-order valence-electron chi connectivity index (χ3n) is 3.85. The summed E-state index contributed by atoms with van der Waals surface area (Å²) in [7, 11) is 4.05. The van der Waals surface area contributed by atoms with E-state index in [0.717, 1.165) is 25.0 Å². The molecule has 0 spiro atoms. The van der Waals surface area contributed by atoms with Crippen molar-refractivity contribution in [3.8, 4) is 0 Å². The zero-order valence-electron chi connectivity index (χ0n) is 13.5. The standard InChI is InChI=1S/C14H30N4S.HI/c1-14(2,19-5)11-17-13(15-3)16-10-12-6-8-18(4)9-7-12;/h12H,6-11H2,1-5H3,(H2,15,16,17);1H.